The smallest absolute Gasteiger partial charge is 0.347 e. The Hall–Kier alpha value is -1.10. The van der Waals surface area contributed by atoms with Crippen molar-refractivity contribution in [2.75, 3.05) is 5.32 Å². The summed E-state index contributed by atoms with van der Waals surface area (Å²) in [5.74, 6) is -0.902. The van der Waals surface area contributed by atoms with Crippen molar-refractivity contribution in [1.82, 2.24) is 4.98 Å². The van der Waals surface area contributed by atoms with Crippen LogP contribution in [0, 0.1) is 6.92 Å². The summed E-state index contributed by atoms with van der Waals surface area (Å²) in [4.78, 5) is 15.3. The molecule has 0 amide bonds. The summed E-state index contributed by atoms with van der Waals surface area (Å²) < 4.78 is 0. The molecular weight excluding hydrogens is 212 g/mol. The van der Waals surface area contributed by atoms with Crippen LogP contribution in [0.15, 0.2) is 0 Å². The molecule has 0 bridgehead atoms. The number of carboxylic acids is 1. The summed E-state index contributed by atoms with van der Waals surface area (Å²) in [6.45, 7) is 5.91. The van der Waals surface area contributed by atoms with Gasteiger partial charge in [-0.2, -0.15) is 0 Å². The quantitative estimate of drug-likeness (QED) is 0.813. The predicted molar refractivity (Wildman–Crippen MR) is 61.8 cm³/mol. The van der Waals surface area contributed by atoms with E-state index in [1.807, 2.05) is 0 Å². The molecule has 84 valence electrons. The van der Waals surface area contributed by atoms with Gasteiger partial charge in [0.1, 0.15) is 4.88 Å². The average molecular weight is 228 g/mol. The van der Waals surface area contributed by atoms with E-state index in [0.29, 0.717) is 21.7 Å². The lowest BCUT2D eigenvalue weighted by atomic mass is 10.2. The van der Waals surface area contributed by atoms with E-state index in [2.05, 4.69) is 24.1 Å². The lowest BCUT2D eigenvalue weighted by Gasteiger charge is -2.10. The Morgan fingerprint density at radius 1 is 1.67 bits per heavy atom. The minimum absolute atomic E-state index is 0.321. The van der Waals surface area contributed by atoms with E-state index in [1.165, 1.54) is 11.3 Å². The first-order valence-corrected chi connectivity index (χ1v) is 5.83. The first-order chi connectivity index (χ1) is 7.04. The van der Waals surface area contributed by atoms with Gasteiger partial charge in [-0.1, -0.05) is 24.7 Å². The third-order valence-electron chi connectivity index (χ3n) is 2.08. The summed E-state index contributed by atoms with van der Waals surface area (Å²) >= 11 is 1.20. The van der Waals surface area contributed by atoms with E-state index in [4.69, 9.17) is 5.11 Å². The highest BCUT2D eigenvalue weighted by atomic mass is 32.1. The van der Waals surface area contributed by atoms with Gasteiger partial charge in [0.25, 0.3) is 0 Å². The molecule has 0 saturated heterocycles. The Labute approximate surface area is 93.4 Å². The van der Waals surface area contributed by atoms with Gasteiger partial charge in [0.05, 0.1) is 5.69 Å². The van der Waals surface area contributed by atoms with Gasteiger partial charge < -0.3 is 10.4 Å². The van der Waals surface area contributed by atoms with Gasteiger partial charge in [-0.15, -0.1) is 0 Å². The van der Waals surface area contributed by atoms with Crippen molar-refractivity contribution in [2.45, 2.75) is 39.7 Å². The van der Waals surface area contributed by atoms with Crippen molar-refractivity contribution >= 4 is 22.4 Å². The van der Waals surface area contributed by atoms with Crippen LogP contribution in [0.3, 0.4) is 0 Å². The summed E-state index contributed by atoms with van der Waals surface area (Å²) in [6, 6.07) is 0.335. The van der Waals surface area contributed by atoms with Crippen molar-refractivity contribution in [1.29, 1.82) is 0 Å². The van der Waals surface area contributed by atoms with Gasteiger partial charge in [0.15, 0.2) is 5.13 Å². The summed E-state index contributed by atoms with van der Waals surface area (Å²) in [7, 11) is 0. The first-order valence-electron chi connectivity index (χ1n) is 5.01. The molecule has 5 heteroatoms. The van der Waals surface area contributed by atoms with Crippen LogP contribution in [0.25, 0.3) is 0 Å². The van der Waals surface area contributed by atoms with Crippen molar-refractivity contribution in [3.63, 3.8) is 0 Å². The van der Waals surface area contributed by atoms with Crippen molar-refractivity contribution in [2.24, 2.45) is 0 Å². The Bertz CT molecular complexity index is 349. The molecule has 0 unspecified atom stereocenters. The van der Waals surface area contributed by atoms with E-state index in [0.717, 1.165) is 12.8 Å². The van der Waals surface area contributed by atoms with Crippen LogP contribution in [0.1, 0.15) is 42.1 Å². The second-order valence-electron chi connectivity index (χ2n) is 3.57. The van der Waals surface area contributed by atoms with E-state index >= 15 is 0 Å². The van der Waals surface area contributed by atoms with Crippen LogP contribution >= 0.6 is 11.3 Å². The fourth-order valence-corrected chi connectivity index (χ4v) is 2.29. The number of nitrogens with one attached hydrogen (secondary N) is 1. The van der Waals surface area contributed by atoms with Gasteiger partial charge in [-0.25, -0.2) is 9.78 Å². The predicted octanol–water partition coefficient (Wildman–Crippen LogP) is 2.75. The third-order valence-corrected chi connectivity index (χ3v) is 3.16. The van der Waals surface area contributed by atoms with E-state index in [-0.39, 0.29) is 0 Å². The van der Waals surface area contributed by atoms with Crippen LogP contribution in [0.2, 0.25) is 0 Å². The molecule has 0 spiro atoms. The molecule has 4 nitrogen and oxygen atoms in total. The standard InChI is InChI=1S/C10H16N2O2S/c1-4-5-6(2)11-10-12-7(3)8(15-10)9(13)14/h6H,4-5H2,1-3H3,(H,11,12)(H,13,14)/t6-/m1/s1. The van der Waals surface area contributed by atoms with Gasteiger partial charge in [-0.05, 0) is 20.3 Å². The number of carboxylic acid groups (broad SMARTS) is 1. The number of rotatable bonds is 5. The van der Waals surface area contributed by atoms with Crippen molar-refractivity contribution in [3.8, 4) is 0 Å². The molecule has 0 aromatic carbocycles. The molecule has 1 atom stereocenters. The Morgan fingerprint density at radius 2 is 2.33 bits per heavy atom. The van der Waals surface area contributed by atoms with E-state index in [1.54, 1.807) is 6.92 Å². The van der Waals surface area contributed by atoms with Crippen LogP contribution < -0.4 is 5.32 Å². The number of carbonyl (C=O) groups is 1. The number of hydrogen-bond acceptors (Lipinski definition) is 4. The lowest BCUT2D eigenvalue weighted by Crippen LogP contribution is -2.14. The Kier molecular flexibility index (Phi) is 4.08. The van der Waals surface area contributed by atoms with Crippen LogP contribution in [-0.4, -0.2) is 22.1 Å². The van der Waals surface area contributed by atoms with Crippen molar-refractivity contribution < 1.29 is 9.90 Å². The molecule has 0 aliphatic carbocycles. The number of anilines is 1. The zero-order valence-electron chi connectivity index (χ0n) is 9.20. The van der Waals surface area contributed by atoms with Gasteiger partial charge in [0.2, 0.25) is 0 Å². The number of aromatic nitrogens is 1. The number of aryl methyl sites for hydroxylation is 1. The fraction of sp³-hybridized carbons (Fsp3) is 0.600. The summed E-state index contributed by atoms with van der Waals surface area (Å²) in [5.41, 5.74) is 0.582. The molecule has 0 fully saturated rings. The van der Waals surface area contributed by atoms with Gasteiger partial charge in [-0.3, -0.25) is 0 Å². The third kappa shape index (κ3) is 3.20. The zero-order valence-corrected chi connectivity index (χ0v) is 10.0. The second kappa shape index (κ2) is 5.11. The van der Waals surface area contributed by atoms with Gasteiger partial charge in [0, 0.05) is 6.04 Å². The summed E-state index contributed by atoms with van der Waals surface area (Å²) in [5, 5.41) is 12.8. The molecule has 1 aromatic heterocycles. The molecule has 2 N–H and O–H groups in total. The maximum Gasteiger partial charge on any atom is 0.347 e. The number of aromatic carboxylic acids is 1. The molecular formula is C10H16N2O2S. The molecule has 0 saturated carbocycles. The highest BCUT2D eigenvalue weighted by Gasteiger charge is 2.14. The lowest BCUT2D eigenvalue weighted by molar-refractivity contribution is 0.0701. The molecule has 15 heavy (non-hydrogen) atoms. The van der Waals surface area contributed by atoms with Crippen LogP contribution in [0.5, 0.6) is 0 Å². The minimum Gasteiger partial charge on any atom is -0.477 e. The maximum absolute atomic E-state index is 10.8. The van der Waals surface area contributed by atoms with Crippen molar-refractivity contribution in [3.05, 3.63) is 10.6 Å². The number of nitrogens with zero attached hydrogens (tertiary/aromatic N) is 1. The molecule has 0 aliphatic heterocycles. The first kappa shape index (κ1) is 12.0. The monoisotopic (exact) mass is 228 g/mol. The highest BCUT2D eigenvalue weighted by Crippen LogP contribution is 2.23. The maximum atomic E-state index is 10.8. The number of thiazole rings is 1. The summed E-state index contributed by atoms with van der Waals surface area (Å²) in [6.07, 6.45) is 2.16. The SMILES string of the molecule is CCC[C@@H](C)Nc1nc(C)c(C(=O)O)s1. The van der Waals surface area contributed by atoms with Gasteiger partial charge >= 0.3 is 5.97 Å². The second-order valence-corrected chi connectivity index (χ2v) is 4.57. The minimum atomic E-state index is -0.902. The van der Waals surface area contributed by atoms with E-state index < -0.39 is 5.97 Å². The Balaban J connectivity index is 2.71. The molecule has 1 rings (SSSR count). The van der Waals surface area contributed by atoms with Crippen LogP contribution in [-0.2, 0) is 0 Å². The fourth-order valence-electron chi connectivity index (χ4n) is 1.37. The molecule has 0 radical (unpaired) electrons. The highest BCUT2D eigenvalue weighted by molar-refractivity contribution is 7.17. The van der Waals surface area contributed by atoms with E-state index in [9.17, 15) is 4.79 Å². The topological polar surface area (TPSA) is 62.2 Å². The largest absolute Gasteiger partial charge is 0.477 e. The normalized spacial score (nSPS) is 12.5. The van der Waals surface area contributed by atoms with Crippen LogP contribution in [0.4, 0.5) is 5.13 Å². The zero-order chi connectivity index (χ0) is 11.4. The molecule has 1 aromatic rings. The molecule has 1 heterocycles. The average Bonchev–Trinajstić information content (AvgIpc) is 2.47. The Morgan fingerprint density at radius 3 is 2.80 bits per heavy atom. The molecule has 0 aliphatic rings. The number of hydrogen-bond donors (Lipinski definition) is 2.